The SMILES string of the molecule is CCCCC[C@H](O)/C=C/[C@H]1OC(O)C[C@H](O)[C@@H]1C/C=C\CCCC(=O)OC[C@H](COP(=O)(O)OC[C@@H](O)COP(=O)(O)O)OC(=O)CCCCCCCCCCCCC(C)C. The monoisotopic (exact) mass is 916 g/mol. The molecular weight excluding hydrogens is 838 g/mol. The molecule has 0 saturated carbocycles. The Kier molecular flexibility index (Phi) is 31.9. The summed E-state index contributed by atoms with van der Waals surface area (Å²) in [6, 6.07) is 0. The standard InChI is InChI=1S/C42H78O17P2/c1-4-5-16-22-34(43)26-27-39-37(38(45)28-42(48)59-39)23-18-14-15-19-24-40(46)54-31-36(32-57-61(52,53)56-30-35(44)29-55-60(49,50)51)58-41(47)25-20-13-11-9-7-6-8-10-12-17-21-33(2)3/h14,18,26-27,33-39,42-45,48H,4-13,15-17,19-25,28-32H2,1-3H3,(H,52,53)(H2,49,50,51)/b18-14-,27-26+/t34-,35-,36+,37-,38-,39+,42?/m0/s1. The molecular formula is C42H78O17P2. The van der Waals surface area contributed by atoms with Crippen LogP contribution in [-0.2, 0) is 46.5 Å². The Morgan fingerprint density at radius 3 is 1.97 bits per heavy atom. The average Bonchev–Trinajstić information content (AvgIpc) is 3.18. The van der Waals surface area contributed by atoms with E-state index in [0.717, 1.165) is 50.9 Å². The van der Waals surface area contributed by atoms with Crippen molar-refractivity contribution in [3.63, 3.8) is 0 Å². The van der Waals surface area contributed by atoms with Crippen LogP contribution in [0, 0.1) is 11.8 Å². The normalized spacial score (nSPS) is 21.2. The number of hydrogen-bond donors (Lipinski definition) is 7. The van der Waals surface area contributed by atoms with Crippen LogP contribution in [0.2, 0.25) is 0 Å². The zero-order chi connectivity index (χ0) is 45.5. The van der Waals surface area contributed by atoms with E-state index in [1.807, 2.05) is 12.2 Å². The van der Waals surface area contributed by atoms with Crippen LogP contribution in [0.4, 0.5) is 0 Å². The molecule has 0 aromatic carbocycles. The van der Waals surface area contributed by atoms with Gasteiger partial charge in [-0.05, 0) is 38.0 Å². The third-order valence-corrected chi connectivity index (χ3v) is 11.5. The van der Waals surface area contributed by atoms with E-state index in [2.05, 4.69) is 29.8 Å². The number of carbonyl (C=O) groups excluding carboxylic acids is 2. The lowest BCUT2D eigenvalue weighted by Crippen LogP contribution is -2.43. The lowest BCUT2D eigenvalue weighted by molar-refractivity contribution is -0.199. The zero-order valence-corrected chi connectivity index (χ0v) is 38.5. The lowest BCUT2D eigenvalue weighted by Gasteiger charge is -2.36. The number of allylic oxidation sites excluding steroid dienone is 2. The van der Waals surface area contributed by atoms with E-state index in [1.54, 1.807) is 12.2 Å². The van der Waals surface area contributed by atoms with E-state index in [-0.39, 0.29) is 25.2 Å². The highest BCUT2D eigenvalue weighted by molar-refractivity contribution is 7.47. The van der Waals surface area contributed by atoms with E-state index < -0.39 is 90.8 Å². The zero-order valence-electron chi connectivity index (χ0n) is 36.7. The number of aliphatic hydroxyl groups excluding tert-OH is 4. The average molecular weight is 917 g/mol. The third-order valence-electron chi connectivity index (χ3n) is 10.1. The first-order valence-electron chi connectivity index (χ1n) is 22.3. The molecule has 0 amide bonds. The van der Waals surface area contributed by atoms with Gasteiger partial charge >= 0.3 is 27.6 Å². The molecule has 1 fully saturated rings. The number of phosphoric acid groups is 2. The van der Waals surface area contributed by atoms with Crippen LogP contribution in [0.5, 0.6) is 0 Å². The van der Waals surface area contributed by atoms with Crippen molar-refractivity contribution in [2.75, 3.05) is 26.4 Å². The summed E-state index contributed by atoms with van der Waals surface area (Å²) >= 11 is 0. The van der Waals surface area contributed by atoms with E-state index in [4.69, 9.17) is 28.5 Å². The Labute approximate surface area is 363 Å². The smallest absolute Gasteiger partial charge is 0.462 e. The molecule has 19 heteroatoms. The van der Waals surface area contributed by atoms with E-state index in [1.165, 1.54) is 38.5 Å². The molecule has 1 heterocycles. The van der Waals surface area contributed by atoms with E-state index in [0.29, 0.717) is 32.1 Å². The Balaban J connectivity index is 2.60. The van der Waals surface area contributed by atoms with Crippen LogP contribution in [0.15, 0.2) is 24.3 Å². The quantitative estimate of drug-likeness (QED) is 0.0142. The fraction of sp³-hybridized carbons (Fsp3) is 0.857. The highest BCUT2D eigenvalue weighted by Crippen LogP contribution is 2.44. The molecule has 0 bridgehead atoms. The number of phosphoric ester groups is 2. The Morgan fingerprint density at radius 2 is 1.33 bits per heavy atom. The molecule has 8 atom stereocenters. The van der Waals surface area contributed by atoms with Gasteiger partial charge in [-0.2, -0.15) is 0 Å². The van der Waals surface area contributed by atoms with Gasteiger partial charge in [0, 0.05) is 25.2 Å². The first kappa shape index (κ1) is 57.5. The summed E-state index contributed by atoms with van der Waals surface area (Å²) in [5.74, 6) is -0.826. The summed E-state index contributed by atoms with van der Waals surface area (Å²) in [5.41, 5.74) is 0. The fourth-order valence-corrected chi connectivity index (χ4v) is 7.73. The third kappa shape index (κ3) is 32.7. The first-order valence-corrected chi connectivity index (χ1v) is 25.3. The van der Waals surface area contributed by atoms with Gasteiger partial charge < -0.3 is 49.3 Å². The number of unbranched alkanes of at least 4 members (excludes halogenated alkanes) is 12. The van der Waals surface area contributed by atoms with E-state index in [9.17, 15) is 44.0 Å². The van der Waals surface area contributed by atoms with Crippen molar-refractivity contribution in [2.45, 2.75) is 192 Å². The van der Waals surface area contributed by atoms with Crippen molar-refractivity contribution in [3.05, 3.63) is 24.3 Å². The Hall–Kier alpha value is -1.56. The summed E-state index contributed by atoms with van der Waals surface area (Å²) in [6.45, 7) is 3.62. The van der Waals surface area contributed by atoms with Crippen molar-refractivity contribution in [2.24, 2.45) is 11.8 Å². The molecule has 0 aliphatic carbocycles. The van der Waals surface area contributed by atoms with E-state index >= 15 is 0 Å². The molecule has 0 spiro atoms. The molecule has 1 saturated heterocycles. The lowest BCUT2D eigenvalue weighted by atomic mass is 9.87. The van der Waals surface area contributed by atoms with Crippen molar-refractivity contribution in [3.8, 4) is 0 Å². The molecule has 7 N–H and O–H groups in total. The molecule has 1 aliphatic heterocycles. The Morgan fingerprint density at radius 1 is 0.738 bits per heavy atom. The van der Waals surface area contributed by atoms with Gasteiger partial charge in [0.15, 0.2) is 12.4 Å². The maximum absolute atomic E-state index is 12.7. The summed E-state index contributed by atoms with van der Waals surface area (Å²) in [4.78, 5) is 52.9. The molecule has 1 aliphatic rings. The molecule has 17 nitrogen and oxygen atoms in total. The molecule has 358 valence electrons. The highest BCUT2D eigenvalue weighted by Gasteiger charge is 2.35. The van der Waals surface area contributed by atoms with Crippen LogP contribution in [0.3, 0.4) is 0 Å². The predicted octanol–water partition coefficient (Wildman–Crippen LogP) is 7.08. The van der Waals surface area contributed by atoms with Gasteiger partial charge in [-0.15, -0.1) is 0 Å². The minimum Gasteiger partial charge on any atom is -0.462 e. The minimum absolute atomic E-state index is 0.00279. The molecule has 0 radical (unpaired) electrons. The fourth-order valence-electron chi connectivity index (χ4n) is 6.57. The van der Waals surface area contributed by atoms with Crippen LogP contribution >= 0.6 is 15.6 Å². The van der Waals surface area contributed by atoms with Crippen LogP contribution in [0.25, 0.3) is 0 Å². The topological polar surface area (TPSA) is 265 Å². The largest absolute Gasteiger partial charge is 0.472 e. The highest BCUT2D eigenvalue weighted by atomic mass is 31.2. The van der Waals surface area contributed by atoms with Gasteiger partial charge in [-0.3, -0.25) is 23.2 Å². The summed E-state index contributed by atoms with van der Waals surface area (Å²) in [5, 5.41) is 40.7. The second kappa shape index (κ2) is 33.9. The summed E-state index contributed by atoms with van der Waals surface area (Å²) < 4.78 is 53.4. The van der Waals surface area contributed by atoms with Crippen LogP contribution < -0.4 is 0 Å². The van der Waals surface area contributed by atoms with Crippen molar-refractivity contribution in [1.82, 2.24) is 0 Å². The van der Waals surface area contributed by atoms with Crippen molar-refractivity contribution >= 4 is 27.6 Å². The second-order valence-corrected chi connectivity index (χ2v) is 19.0. The van der Waals surface area contributed by atoms with Crippen molar-refractivity contribution in [1.29, 1.82) is 0 Å². The van der Waals surface area contributed by atoms with Gasteiger partial charge in [0.2, 0.25) is 0 Å². The molecule has 61 heavy (non-hydrogen) atoms. The van der Waals surface area contributed by atoms with Crippen molar-refractivity contribution < 1.29 is 81.6 Å². The van der Waals surface area contributed by atoms with Gasteiger partial charge in [0.1, 0.15) is 12.7 Å². The Bertz CT molecular complexity index is 1310. The summed E-state index contributed by atoms with van der Waals surface area (Å²) in [6.07, 6.45) is 18.1. The van der Waals surface area contributed by atoms with Gasteiger partial charge in [0.05, 0.1) is 38.1 Å². The predicted molar refractivity (Wildman–Crippen MR) is 229 cm³/mol. The molecule has 1 rings (SSSR count). The maximum Gasteiger partial charge on any atom is 0.472 e. The second-order valence-electron chi connectivity index (χ2n) is 16.3. The number of carbonyl (C=O) groups is 2. The van der Waals surface area contributed by atoms with Crippen LogP contribution in [-0.4, -0.2) is 110 Å². The molecule has 0 aromatic rings. The van der Waals surface area contributed by atoms with Gasteiger partial charge in [-0.1, -0.05) is 129 Å². The number of ether oxygens (including phenoxy) is 3. The molecule has 2 unspecified atom stereocenters. The molecule has 0 aromatic heterocycles. The number of hydrogen-bond acceptors (Lipinski definition) is 14. The number of esters is 2. The first-order chi connectivity index (χ1) is 28.9. The number of aliphatic hydroxyl groups is 4. The maximum atomic E-state index is 12.7. The summed E-state index contributed by atoms with van der Waals surface area (Å²) in [7, 11) is -9.77. The van der Waals surface area contributed by atoms with Crippen LogP contribution in [0.1, 0.15) is 156 Å². The van der Waals surface area contributed by atoms with Gasteiger partial charge in [0.25, 0.3) is 0 Å². The van der Waals surface area contributed by atoms with Gasteiger partial charge in [-0.25, -0.2) is 9.13 Å². The number of rotatable bonds is 37. The minimum atomic E-state index is -4.90.